The van der Waals surface area contributed by atoms with E-state index in [1.807, 2.05) is 0 Å². The SMILES string of the molecule is CC(C)=CCCC(C)C1CC[C@H]2C3CC(O)C4CC(O)CCC4(C)C3CCC12C. The van der Waals surface area contributed by atoms with Gasteiger partial charge in [0.25, 0.3) is 0 Å². The molecule has 9 unspecified atom stereocenters. The molecular weight excluding hydrogens is 356 g/mol. The highest BCUT2D eigenvalue weighted by Gasteiger charge is 2.62. The fourth-order valence-corrected chi connectivity index (χ4v) is 9.09. The zero-order valence-corrected chi connectivity index (χ0v) is 19.7. The number of aliphatic hydroxyl groups excluding tert-OH is 2. The molecule has 4 fully saturated rings. The lowest BCUT2D eigenvalue weighted by Gasteiger charge is -2.62. The third-order valence-corrected chi connectivity index (χ3v) is 10.6. The van der Waals surface area contributed by atoms with Gasteiger partial charge in [-0.15, -0.1) is 0 Å². The van der Waals surface area contributed by atoms with E-state index in [9.17, 15) is 10.2 Å². The van der Waals surface area contributed by atoms with Gasteiger partial charge in [0.2, 0.25) is 0 Å². The Morgan fingerprint density at radius 2 is 1.62 bits per heavy atom. The van der Waals surface area contributed by atoms with Crippen LogP contribution in [-0.4, -0.2) is 22.4 Å². The summed E-state index contributed by atoms with van der Waals surface area (Å²) in [7, 11) is 0. The first-order valence-electron chi connectivity index (χ1n) is 12.7. The van der Waals surface area contributed by atoms with Crippen molar-refractivity contribution in [2.45, 2.75) is 111 Å². The summed E-state index contributed by atoms with van der Waals surface area (Å²) in [5.74, 6) is 4.25. The first kappa shape index (κ1) is 21.9. The summed E-state index contributed by atoms with van der Waals surface area (Å²) >= 11 is 0. The molecule has 0 spiro atoms. The van der Waals surface area contributed by atoms with E-state index in [-0.39, 0.29) is 17.6 Å². The van der Waals surface area contributed by atoms with Gasteiger partial charge < -0.3 is 10.2 Å². The van der Waals surface area contributed by atoms with E-state index in [4.69, 9.17) is 0 Å². The standard InChI is InChI=1S/C27H46O2/c1-17(2)7-6-8-18(3)21-9-10-22-20-16-25(29)24-15-19(28)11-13-27(24,5)23(20)12-14-26(21,22)4/h7,18-25,28-29H,6,8-16H2,1-5H3/t18?,19?,20?,21?,22-,23?,24?,25?,26?,27?/m0/s1. The predicted molar refractivity (Wildman–Crippen MR) is 120 cm³/mol. The second kappa shape index (κ2) is 7.97. The molecule has 0 aromatic rings. The van der Waals surface area contributed by atoms with E-state index in [2.05, 4.69) is 40.7 Å². The molecule has 0 heterocycles. The first-order chi connectivity index (χ1) is 13.7. The summed E-state index contributed by atoms with van der Waals surface area (Å²) in [5.41, 5.74) is 2.17. The zero-order valence-electron chi connectivity index (χ0n) is 19.7. The molecule has 4 rings (SSSR count). The van der Waals surface area contributed by atoms with E-state index < -0.39 is 0 Å². The van der Waals surface area contributed by atoms with Crippen molar-refractivity contribution in [3.05, 3.63) is 11.6 Å². The van der Waals surface area contributed by atoms with Gasteiger partial charge in [-0.25, -0.2) is 0 Å². The van der Waals surface area contributed by atoms with Crippen molar-refractivity contribution >= 4 is 0 Å². The molecule has 2 heteroatoms. The molecule has 4 saturated carbocycles. The molecule has 166 valence electrons. The quantitative estimate of drug-likeness (QED) is 0.537. The Hall–Kier alpha value is -0.340. The third-order valence-electron chi connectivity index (χ3n) is 10.6. The highest BCUT2D eigenvalue weighted by atomic mass is 16.3. The van der Waals surface area contributed by atoms with Gasteiger partial charge in [0, 0.05) is 0 Å². The van der Waals surface area contributed by atoms with Crippen LogP contribution < -0.4 is 0 Å². The number of fused-ring (bicyclic) bond motifs is 5. The lowest BCUT2D eigenvalue weighted by Crippen LogP contribution is -2.58. The van der Waals surface area contributed by atoms with E-state index in [1.54, 1.807) is 0 Å². The van der Waals surface area contributed by atoms with Gasteiger partial charge in [-0.3, -0.25) is 0 Å². The lowest BCUT2D eigenvalue weighted by atomic mass is 9.44. The van der Waals surface area contributed by atoms with Crippen LogP contribution in [0.15, 0.2) is 11.6 Å². The van der Waals surface area contributed by atoms with E-state index in [0.29, 0.717) is 17.3 Å². The summed E-state index contributed by atoms with van der Waals surface area (Å²) < 4.78 is 0. The molecular formula is C27H46O2. The molecule has 4 aliphatic carbocycles. The summed E-state index contributed by atoms with van der Waals surface area (Å²) in [4.78, 5) is 0. The molecule has 2 N–H and O–H groups in total. The minimum Gasteiger partial charge on any atom is -0.393 e. The monoisotopic (exact) mass is 402 g/mol. The van der Waals surface area contributed by atoms with Crippen LogP contribution in [0.2, 0.25) is 0 Å². The van der Waals surface area contributed by atoms with Crippen LogP contribution in [0.1, 0.15) is 98.8 Å². The Morgan fingerprint density at radius 3 is 2.34 bits per heavy atom. The number of hydrogen-bond donors (Lipinski definition) is 2. The summed E-state index contributed by atoms with van der Waals surface area (Å²) in [6.45, 7) is 12.0. The van der Waals surface area contributed by atoms with Crippen molar-refractivity contribution in [1.82, 2.24) is 0 Å². The maximum Gasteiger partial charge on any atom is 0.0577 e. The van der Waals surface area contributed by atoms with Gasteiger partial charge in [-0.2, -0.15) is 0 Å². The Morgan fingerprint density at radius 1 is 0.931 bits per heavy atom. The summed E-state index contributed by atoms with van der Waals surface area (Å²) in [6.07, 6.45) is 14.0. The van der Waals surface area contributed by atoms with Gasteiger partial charge in [0.05, 0.1) is 12.2 Å². The number of allylic oxidation sites excluding steroid dienone is 2. The molecule has 0 saturated heterocycles. The summed E-state index contributed by atoms with van der Waals surface area (Å²) in [5, 5.41) is 21.4. The van der Waals surface area contributed by atoms with Crippen molar-refractivity contribution in [1.29, 1.82) is 0 Å². The fourth-order valence-electron chi connectivity index (χ4n) is 9.09. The second-order valence-electron chi connectivity index (χ2n) is 12.3. The van der Waals surface area contributed by atoms with Crippen LogP contribution in [0.3, 0.4) is 0 Å². The van der Waals surface area contributed by atoms with Crippen LogP contribution >= 0.6 is 0 Å². The van der Waals surface area contributed by atoms with Crippen LogP contribution in [-0.2, 0) is 0 Å². The fraction of sp³-hybridized carbons (Fsp3) is 0.926. The first-order valence-corrected chi connectivity index (χ1v) is 12.7. The van der Waals surface area contributed by atoms with Gasteiger partial charge >= 0.3 is 0 Å². The highest BCUT2D eigenvalue weighted by Crippen LogP contribution is 2.68. The van der Waals surface area contributed by atoms with Crippen LogP contribution in [0.25, 0.3) is 0 Å². The maximum absolute atomic E-state index is 11.2. The van der Waals surface area contributed by atoms with Crippen LogP contribution in [0.5, 0.6) is 0 Å². The van der Waals surface area contributed by atoms with E-state index in [0.717, 1.165) is 49.4 Å². The number of aliphatic hydroxyl groups is 2. The Balaban J connectivity index is 1.52. The topological polar surface area (TPSA) is 40.5 Å². The molecule has 29 heavy (non-hydrogen) atoms. The van der Waals surface area contributed by atoms with Gasteiger partial charge in [-0.1, -0.05) is 32.4 Å². The minimum absolute atomic E-state index is 0.189. The molecule has 2 nitrogen and oxygen atoms in total. The average Bonchev–Trinajstić information content (AvgIpc) is 3.00. The highest BCUT2D eigenvalue weighted by molar-refractivity contribution is 5.11. The van der Waals surface area contributed by atoms with E-state index in [1.165, 1.54) is 44.1 Å². The van der Waals surface area contributed by atoms with Gasteiger partial charge in [-0.05, 0) is 124 Å². The molecule has 0 amide bonds. The molecule has 10 atom stereocenters. The second-order valence-corrected chi connectivity index (χ2v) is 12.3. The third kappa shape index (κ3) is 3.65. The van der Waals surface area contributed by atoms with Crippen molar-refractivity contribution in [3.63, 3.8) is 0 Å². The molecule has 0 bridgehead atoms. The smallest absolute Gasteiger partial charge is 0.0577 e. The molecule has 0 radical (unpaired) electrons. The number of rotatable bonds is 4. The molecule has 0 aromatic carbocycles. The average molecular weight is 403 g/mol. The predicted octanol–water partition coefficient (Wildman–Crippen LogP) is 6.36. The lowest BCUT2D eigenvalue weighted by molar-refractivity contribution is -0.172. The Kier molecular flexibility index (Phi) is 6.01. The largest absolute Gasteiger partial charge is 0.393 e. The normalized spacial score (nSPS) is 50.2. The minimum atomic E-state index is -0.201. The van der Waals surface area contributed by atoms with Crippen LogP contribution in [0, 0.1) is 46.3 Å². The Labute approximate surface area is 179 Å². The van der Waals surface area contributed by atoms with E-state index >= 15 is 0 Å². The van der Waals surface area contributed by atoms with Crippen molar-refractivity contribution in [3.8, 4) is 0 Å². The Bertz CT molecular complexity index is 622. The summed E-state index contributed by atoms with van der Waals surface area (Å²) in [6, 6.07) is 0. The number of hydrogen-bond acceptors (Lipinski definition) is 2. The van der Waals surface area contributed by atoms with Gasteiger partial charge in [0.15, 0.2) is 0 Å². The van der Waals surface area contributed by atoms with Crippen molar-refractivity contribution in [2.24, 2.45) is 46.3 Å². The van der Waals surface area contributed by atoms with Crippen molar-refractivity contribution in [2.75, 3.05) is 0 Å². The van der Waals surface area contributed by atoms with Gasteiger partial charge in [0.1, 0.15) is 0 Å². The van der Waals surface area contributed by atoms with Crippen LogP contribution in [0.4, 0.5) is 0 Å². The van der Waals surface area contributed by atoms with Crippen molar-refractivity contribution < 1.29 is 10.2 Å². The molecule has 0 aliphatic heterocycles. The molecule has 0 aromatic heterocycles. The zero-order chi connectivity index (χ0) is 21.0. The molecule has 4 aliphatic rings. The maximum atomic E-state index is 11.2.